The second-order valence-electron chi connectivity index (χ2n) is 8.79. The van der Waals surface area contributed by atoms with Crippen molar-refractivity contribution >= 4 is 39.5 Å². The first-order valence-corrected chi connectivity index (χ1v) is 12.6. The summed E-state index contributed by atoms with van der Waals surface area (Å²) in [6, 6.07) is 22.5. The van der Waals surface area contributed by atoms with E-state index < -0.39 is 0 Å². The van der Waals surface area contributed by atoms with Crippen molar-refractivity contribution in [3.63, 3.8) is 0 Å². The summed E-state index contributed by atoms with van der Waals surface area (Å²) in [7, 11) is 6.38. The maximum atomic E-state index is 11.0. The number of phenolic OH excluding ortho intramolecular Hbond substituents is 1. The molecule has 9 heteroatoms. The largest absolute Gasteiger partial charge is 0.507 e. The summed E-state index contributed by atoms with van der Waals surface area (Å²) in [6.07, 6.45) is 2.01. The van der Waals surface area contributed by atoms with Crippen molar-refractivity contribution in [2.45, 2.75) is 6.04 Å². The van der Waals surface area contributed by atoms with Gasteiger partial charge in [-0.2, -0.15) is 0 Å². The Morgan fingerprint density at radius 1 is 0.821 bits per heavy atom. The molecule has 4 aromatic carbocycles. The topological polar surface area (TPSA) is 84.5 Å². The molecule has 1 aliphatic heterocycles. The van der Waals surface area contributed by atoms with Crippen LogP contribution in [-0.4, -0.2) is 43.7 Å². The van der Waals surface area contributed by atoms with E-state index in [0.717, 1.165) is 33.5 Å². The van der Waals surface area contributed by atoms with Crippen molar-refractivity contribution in [1.82, 2.24) is 10.4 Å². The highest BCUT2D eigenvalue weighted by molar-refractivity contribution is 7.80. The lowest BCUT2D eigenvalue weighted by molar-refractivity contribution is 0.347. The minimum atomic E-state index is -0.333. The highest BCUT2D eigenvalue weighted by Gasteiger charge is 2.33. The highest BCUT2D eigenvalue weighted by Crippen LogP contribution is 2.43. The molecule has 1 unspecified atom stereocenters. The van der Waals surface area contributed by atoms with Crippen LogP contribution in [-0.2, 0) is 0 Å². The maximum Gasteiger partial charge on any atom is 0.193 e. The predicted octanol–water partition coefficient (Wildman–Crippen LogP) is 5.88. The number of hydrogen-bond acceptors (Lipinski definition) is 7. The molecule has 3 N–H and O–H groups in total. The molecule has 1 aliphatic rings. The van der Waals surface area contributed by atoms with Gasteiger partial charge in [-0.15, -0.1) is 0 Å². The number of fused-ring (bicyclic) bond motifs is 1. The molecule has 0 bridgehead atoms. The van der Waals surface area contributed by atoms with Crippen LogP contribution in [0, 0.1) is 0 Å². The van der Waals surface area contributed by atoms with Crippen LogP contribution in [0.5, 0.6) is 28.7 Å². The summed E-state index contributed by atoms with van der Waals surface area (Å²) in [5, 5.41) is 18.6. The lowest BCUT2D eigenvalue weighted by Crippen LogP contribution is -2.42. The van der Waals surface area contributed by atoms with E-state index in [4.69, 9.17) is 31.2 Å². The van der Waals surface area contributed by atoms with Crippen molar-refractivity contribution in [2.75, 3.05) is 33.8 Å². The third-order valence-corrected chi connectivity index (χ3v) is 6.94. The number of rotatable bonds is 7. The van der Waals surface area contributed by atoms with E-state index in [1.54, 1.807) is 33.5 Å². The smallest absolute Gasteiger partial charge is 0.193 e. The Hall–Kier alpha value is -4.63. The van der Waals surface area contributed by atoms with Crippen molar-refractivity contribution < 1.29 is 24.1 Å². The third-order valence-electron chi connectivity index (χ3n) is 6.64. The van der Waals surface area contributed by atoms with Crippen molar-refractivity contribution in [1.29, 1.82) is 0 Å². The van der Waals surface area contributed by atoms with E-state index in [9.17, 15) is 5.11 Å². The van der Waals surface area contributed by atoms with Gasteiger partial charge in [-0.05, 0) is 59.6 Å². The van der Waals surface area contributed by atoms with E-state index in [1.165, 1.54) is 7.11 Å². The van der Waals surface area contributed by atoms with Gasteiger partial charge in [0.2, 0.25) is 0 Å². The molecule has 0 radical (unpaired) electrons. The van der Waals surface area contributed by atoms with Gasteiger partial charge in [0.05, 0.1) is 45.7 Å². The molecule has 0 spiro atoms. The van der Waals surface area contributed by atoms with Gasteiger partial charge in [-0.1, -0.05) is 30.3 Å². The fraction of sp³-hybridized carbons (Fsp3) is 0.167. The summed E-state index contributed by atoms with van der Waals surface area (Å²) in [5.74, 6) is 2.49. The number of hydrazine groups is 1. The molecule has 8 nitrogen and oxygen atoms in total. The molecule has 0 aliphatic carbocycles. The minimum absolute atomic E-state index is 0.0131. The fourth-order valence-corrected chi connectivity index (χ4v) is 5.01. The van der Waals surface area contributed by atoms with Gasteiger partial charge in [0, 0.05) is 23.2 Å². The van der Waals surface area contributed by atoms with Gasteiger partial charge < -0.3 is 29.4 Å². The molecule has 5 rings (SSSR count). The van der Waals surface area contributed by atoms with Crippen LogP contribution in [0.4, 0.5) is 5.69 Å². The third kappa shape index (κ3) is 4.96. The van der Waals surface area contributed by atoms with Gasteiger partial charge in [0.1, 0.15) is 28.7 Å². The quantitative estimate of drug-likeness (QED) is 0.248. The monoisotopic (exact) mass is 543 g/mol. The Bertz CT molecular complexity index is 1550. The second kappa shape index (κ2) is 11.0. The minimum Gasteiger partial charge on any atom is -0.507 e. The van der Waals surface area contributed by atoms with Crippen molar-refractivity contribution in [3.05, 3.63) is 90.0 Å². The van der Waals surface area contributed by atoms with Gasteiger partial charge in [-0.25, -0.2) is 0 Å². The number of ether oxygens (including phenoxy) is 4. The molecule has 0 amide bonds. The molecular formula is C30H29N3O5S. The Kier molecular flexibility index (Phi) is 7.33. The number of aromatic hydroxyl groups is 1. The molecule has 1 heterocycles. The van der Waals surface area contributed by atoms with Crippen LogP contribution in [0.25, 0.3) is 16.5 Å². The van der Waals surface area contributed by atoms with Crippen molar-refractivity contribution in [3.8, 4) is 28.7 Å². The first-order valence-electron chi connectivity index (χ1n) is 12.2. The molecule has 39 heavy (non-hydrogen) atoms. The van der Waals surface area contributed by atoms with Crippen LogP contribution < -0.4 is 29.7 Å². The first kappa shape index (κ1) is 26.0. The lowest BCUT2D eigenvalue weighted by Gasteiger charge is -2.29. The van der Waals surface area contributed by atoms with Crippen LogP contribution in [0.2, 0.25) is 0 Å². The van der Waals surface area contributed by atoms with E-state index in [0.29, 0.717) is 27.9 Å². The van der Waals surface area contributed by atoms with Gasteiger partial charge >= 0.3 is 0 Å². The summed E-state index contributed by atoms with van der Waals surface area (Å²) in [5.41, 5.74) is 6.33. The molecule has 0 saturated carbocycles. The maximum absolute atomic E-state index is 11.0. The normalized spacial score (nSPS) is 14.4. The molecule has 1 atom stereocenters. The van der Waals surface area contributed by atoms with Gasteiger partial charge in [-0.3, -0.25) is 10.4 Å². The standard InChI is InChI=1S/C30H29N3O5S/c1-35-19-11-9-18(10-12-19)31-30(39)33-25(22-13-14-27(37-3)23-8-6-5-7-21(22)23)17-24(32-33)29-26(34)15-20(36-2)16-28(29)38-4/h5-17,25,32,34H,1-4H3,(H,31,39). The number of phenols is 1. The van der Waals surface area contributed by atoms with Crippen LogP contribution in [0.1, 0.15) is 17.2 Å². The molecule has 0 saturated heterocycles. The molecular weight excluding hydrogens is 514 g/mol. The summed E-state index contributed by atoms with van der Waals surface area (Å²) >= 11 is 5.89. The second-order valence-corrected chi connectivity index (χ2v) is 9.18. The summed E-state index contributed by atoms with van der Waals surface area (Å²) in [4.78, 5) is 0. The first-order chi connectivity index (χ1) is 19.0. The Labute approximate surface area is 232 Å². The predicted molar refractivity (Wildman–Crippen MR) is 157 cm³/mol. The van der Waals surface area contributed by atoms with Crippen LogP contribution in [0.15, 0.2) is 78.9 Å². The number of hydrogen-bond donors (Lipinski definition) is 3. The zero-order valence-electron chi connectivity index (χ0n) is 22.0. The number of anilines is 1. The highest BCUT2D eigenvalue weighted by atomic mass is 32.1. The van der Waals surface area contributed by atoms with E-state index in [2.05, 4.69) is 16.8 Å². The SMILES string of the molecule is COc1ccc(NC(=S)N2NC(c3c(O)cc(OC)cc3OC)=CC2c2ccc(OC)c3ccccc23)cc1. The summed E-state index contributed by atoms with van der Waals surface area (Å²) in [6.45, 7) is 0. The number of nitrogens with one attached hydrogen (secondary N) is 2. The number of thiocarbonyl (C=S) groups is 1. The average molecular weight is 544 g/mol. The van der Waals surface area contributed by atoms with E-state index in [1.807, 2.05) is 65.7 Å². The van der Waals surface area contributed by atoms with Crippen LogP contribution >= 0.6 is 12.2 Å². The average Bonchev–Trinajstić information content (AvgIpc) is 3.41. The number of nitrogens with zero attached hydrogens (tertiary/aromatic N) is 1. The molecule has 4 aromatic rings. The van der Waals surface area contributed by atoms with Crippen molar-refractivity contribution in [2.24, 2.45) is 0 Å². The Balaban J connectivity index is 1.60. The zero-order valence-corrected chi connectivity index (χ0v) is 22.8. The Morgan fingerprint density at radius 3 is 2.18 bits per heavy atom. The molecule has 200 valence electrons. The van der Waals surface area contributed by atoms with Gasteiger partial charge in [0.15, 0.2) is 5.11 Å². The number of benzene rings is 4. The molecule has 0 aromatic heterocycles. The van der Waals surface area contributed by atoms with Gasteiger partial charge in [0.25, 0.3) is 0 Å². The lowest BCUT2D eigenvalue weighted by atomic mass is 9.97. The summed E-state index contributed by atoms with van der Waals surface area (Å²) < 4.78 is 21.8. The number of methoxy groups -OCH3 is 4. The van der Waals surface area contributed by atoms with E-state index in [-0.39, 0.29) is 11.8 Å². The van der Waals surface area contributed by atoms with E-state index >= 15 is 0 Å². The fourth-order valence-electron chi connectivity index (χ4n) is 4.73. The zero-order chi connectivity index (χ0) is 27.5. The van der Waals surface area contributed by atoms with Crippen LogP contribution in [0.3, 0.4) is 0 Å². The molecule has 0 fully saturated rings. The Morgan fingerprint density at radius 2 is 1.51 bits per heavy atom.